The van der Waals surface area contributed by atoms with Crippen LogP contribution < -0.4 is 9.47 Å². The minimum Gasteiger partial charge on any atom is -0.493 e. The molecule has 0 spiro atoms. The number of carbonyl (C=O) groups excluding carboxylic acids is 2. The SMILES string of the molecule is COc1cccc([C@@H]2C3=C(CC(C)(C)CC3=O)N=C(C)C2C(=O)OC(C)C)c1OC. The van der Waals surface area contributed by atoms with Crippen LogP contribution in [-0.2, 0) is 14.3 Å². The molecule has 0 fully saturated rings. The molecule has 0 bridgehead atoms. The first-order valence-corrected chi connectivity index (χ1v) is 10.3. The van der Waals surface area contributed by atoms with Gasteiger partial charge in [-0.2, -0.15) is 0 Å². The molecule has 1 aliphatic carbocycles. The minimum absolute atomic E-state index is 0.0229. The van der Waals surface area contributed by atoms with Crippen LogP contribution in [0.5, 0.6) is 11.5 Å². The number of benzene rings is 1. The molecule has 0 aromatic heterocycles. The fourth-order valence-corrected chi connectivity index (χ4v) is 4.55. The number of Topliss-reactive ketones (excluding diaryl/α,β-unsaturated/α-hetero) is 1. The molecule has 1 aromatic carbocycles. The summed E-state index contributed by atoms with van der Waals surface area (Å²) in [6.07, 6.45) is 0.824. The Morgan fingerprint density at radius 1 is 1.17 bits per heavy atom. The van der Waals surface area contributed by atoms with Crippen LogP contribution in [0.25, 0.3) is 0 Å². The van der Waals surface area contributed by atoms with Gasteiger partial charge in [-0.15, -0.1) is 0 Å². The van der Waals surface area contributed by atoms with Gasteiger partial charge in [-0.25, -0.2) is 0 Å². The largest absolute Gasteiger partial charge is 0.493 e. The van der Waals surface area contributed by atoms with E-state index in [1.165, 1.54) is 0 Å². The molecule has 0 saturated heterocycles. The molecule has 3 rings (SSSR count). The van der Waals surface area contributed by atoms with Crippen molar-refractivity contribution in [2.45, 2.75) is 59.5 Å². The molecular formula is C24H31NO5. The highest BCUT2D eigenvalue weighted by Gasteiger charge is 2.47. The molecule has 30 heavy (non-hydrogen) atoms. The summed E-state index contributed by atoms with van der Waals surface area (Å²) >= 11 is 0. The molecule has 1 unspecified atom stereocenters. The van der Waals surface area contributed by atoms with E-state index in [-0.39, 0.29) is 23.3 Å². The maximum atomic E-state index is 13.3. The van der Waals surface area contributed by atoms with Crippen molar-refractivity contribution in [1.82, 2.24) is 0 Å². The molecule has 0 radical (unpaired) electrons. The zero-order valence-electron chi connectivity index (χ0n) is 18.9. The maximum Gasteiger partial charge on any atom is 0.315 e. The number of ketones is 1. The van der Waals surface area contributed by atoms with Gasteiger partial charge in [0, 0.05) is 34.9 Å². The number of esters is 1. The Kier molecular flexibility index (Phi) is 6.06. The van der Waals surface area contributed by atoms with Crippen molar-refractivity contribution in [3.05, 3.63) is 35.0 Å². The van der Waals surface area contributed by atoms with Crippen LogP contribution in [0.15, 0.2) is 34.5 Å². The van der Waals surface area contributed by atoms with E-state index in [2.05, 4.69) is 13.8 Å². The monoisotopic (exact) mass is 413 g/mol. The van der Waals surface area contributed by atoms with Crippen molar-refractivity contribution in [1.29, 1.82) is 0 Å². The number of methoxy groups -OCH3 is 2. The molecule has 1 heterocycles. The Bertz CT molecular complexity index is 926. The second kappa shape index (κ2) is 8.25. The molecule has 2 atom stereocenters. The molecule has 0 N–H and O–H groups in total. The quantitative estimate of drug-likeness (QED) is 0.666. The molecule has 0 saturated carbocycles. The van der Waals surface area contributed by atoms with Crippen LogP contribution in [0.2, 0.25) is 0 Å². The Balaban J connectivity index is 2.25. The highest BCUT2D eigenvalue weighted by molar-refractivity contribution is 6.09. The number of aliphatic imine (C=N–C) groups is 1. The molecular weight excluding hydrogens is 382 g/mol. The zero-order valence-corrected chi connectivity index (χ0v) is 18.9. The molecule has 6 heteroatoms. The standard InChI is InChI=1S/C24H31NO5/c1-13(2)30-23(27)19-14(3)25-16-11-24(4,5)12-17(26)21(16)20(19)15-9-8-10-18(28-6)22(15)29-7/h8-10,13,19-20H,11-12H2,1-7H3/t19?,20-/m0/s1. The summed E-state index contributed by atoms with van der Waals surface area (Å²) in [7, 11) is 3.13. The summed E-state index contributed by atoms with van der Waals surface area (Å²) in [6, 6.07) is 5.53. The van der Waals surface area contributed by atoms with E-state index in [9.17, 15) is 9.59 Å². The fourth-order valence-electron chi connectivity index (χ4n) is 4.55. The highest BCUT2D eigenvalue weighted by Crippen LogP contribution is 2.50. The number of nitrogens with zero attached hydrogens (tertiary/aromatic N) is 1. The first kappa shape index (κ1) is 22.1. The first-order valence-electron chi connectivity index (χ1n) is 10.3. The second-order valence-corrected chi connectivity index (χ2v) is 9.08. The number of hydrogen-bond donors (Lipinski definition) is 0. The smallest absolute Gasteiger partial charge is 0.315 e. The summed E-state index contributed by atoms with van der Waals surface area (Å²) in [5, 5.41) is 0. The van der Waals surface area contributed by atoms with Gasteiger partial charge in [0.05, 0.1) is 20.3 Å². The van der Waals surface area contributed by atoms with Gasteiger partial charge >= 0.3 is 5.97 Å². The lowest BCUT2D eigenvalue weighted by Crippen LogP contribution is -2.40. The average Bonchev–Trinajstić information content (AvgIpc) is 2.64. The van der Waals surface area contributed by atoms with Crippen LogP contribution >= 0.6 is 0 Å². The van der Waals surface area contributed by atoms with Crippen LogP contribution in [-0.4, -0.2) is 37.8 Å². The number of ether oxygens (including phenoxy) is 3. The Morgan fingerprint density at radius 3 is 2.47 bits per heavy atom. The predicted octanol–water partition coefficient (Wildman–Crippen LogP) is 4.47. The number of para-hydroxylation sites is 1. The Labute approximate surface area is 178 Å². The lowest BCUT2D eigenvalue weighted by molar-refractivity contribution is -0.150. The van der Waals surface area contributed by atoms with Crippen LogP contribution in [0.1, 0.15) is 58.9 Å². The van der Waals surface area contributed by atoms with Crippen molar-refractivity contribution >= 4 is 17.5 Å². The molecule has 1 aliphatic heterocycles. The third-order valence-electron chi connectivity index (χ3n) is 5.68. The van der Waals surface area contributed by atoms with Gasteiger partial charge in [-0.1, -0.05) is 26.0 Å². The average molecular weight is 414 g/mol. The van der Waals surface area contributed by atoms with Gasteiger partial charge < -0.3 is 14.2 Å². The minimum atomic E-state index is -0.697. The van der Waals surface area contributed by atoms with E-state index in [1.54, 1.807) is 20.3 Å². The lowest BCUT2D eigenvalue weighted by atomic mass is 9.66. The molecule has 162 valence electrons. The number of allylic oxidation sites excluding steroid dienone is 2. The molecule has 6 nitrogen and oxygen atoms in total. The third-order valence-corrected chi connectivity index (χ3v) is 5.68. The van der Waals surface area contributed by atoms with Crippen molar-refractivity contribution in [2.75, 3.05) is 14.2 Å². The van der Waals surface area contributed by atoms with Gasteiger partial charge in [0.15, 0.2) is 17.3 Å². The van der Waals surface area contributed by atoms with Crippen LogP contribution in [0.3, 0.4) is 0 Å². The van der Waals surface area contributed by atoms with E-state index in [1.807, 2.05) is 32.9 Å². The van der Waals surface area contributed by atoms with Gasteiger partial charge in [0.2, 0.25) is 0 Å². The first-order chi connectivity index (χ1) is 14.1. The molecule has 2 aliphatic rings. The third kappa shape index (κ3) is 4.00. The van der Waals surface area contributed by atoms with Gasteiger partial charge in [0.25, 0.3) is 0 Å². The normalized spacial score (nSPS) is 23.1. The van der Waals surface area contributed by atoms with Gasteiger partial charge in [-0.3, -0.25) is 14.6 Å². The number of hydrogen-bond acceptors (Lipinski definition) is 6. The van der Waals surface area contributed by atoms with Crippen molar-refractivity contribution in [2.24, 2.45) is 16.3 Å². The Morgan fingerprint density at radius 2 is 1.87 bits per heavy atom. The summed E-state index contributed by atoms with van der Waals surface area (Å²) in [5.41, 5.74) is 2.57. The second-order valence-electron chi connectivity index (χ2n) is 9.08. The van der Waals surface area contributed by atoms with Crippen LogP contribution in [0.4, 0.5) is 0 Å². The van der Waals surface area contributed by atoms with Crippen molar-refractivity contribution in [3.8, 4) is 11.5 Å². The van der Waals surface area contributed by atoms with E-state index in [4.69, 9.17) is 19.2 Å². The lowest BCUT2D eigenvalue weighted by Gasteiger charge is -2.39. The number of rotatable bonds is 5. The van der Waals surface area contributed by atoms with Crippen LogP contribution in [0, 0.1) is 11.3 Å². The summed E-state index contributed by atoms with van der Waals surface area (Å²) in [6.45, 7) is 9.60. The van der Waals surface area contributed by atoms with E-state index in [0.29, 0.717) is 35.6 Å². The Hall–Kier alpha value is -2.63. The zero-order chi connectivity index (χ0) is 22.2. The van der Waals surface area contributed by atoms with Gasteiger partial charge in [-0.05, 0) is 38.7 Å². The van der Waals surface area contributed by atoms with E-state index in [0.717, 1.165) is 11.3 Å². The molecule has 1 aromatic rings. The number of carbonyl (C=O) groups is 2. The van der Waals surface area contributed by atoms with E-state index < -0.39 is 11.8 Å². The van der Waals surface area contributed by atoms with E-state index >= 15 is 0 Å². The summed E-state index contributed by atoms with van der Waals surface area (Å²) in [5.74, 6) is -0.516. The maximum absolute atomic E-state index is 13.3. The van der Waals surface area contributed by atoms with Crippen molar-refractivity contribution in [3.63, 3.8) is 0 Å². The topological polar surface area (TPSA) is 74.2 Å². The van der Waals surface area contributed by atoms with Crippen molar-refractivity contribution < 1.29 is 23.8 Å². The highest BCUT2D eigenvalue weighted by atomic mass is 16.5. The van der Waals surface area contributed by atoms with Gasteiger partial charge in [0.1, 0.15) is 5.92 Å². The fraction of sp³-hybridized carbons (Fsp3) is 0.542. The summed E-state index contributed by atoms with van der Waals surface area (Å²) in [4.78, 5) is 31.2. The summed E-state index contributed by atoms with van der Waals surface area (Å²) < 4.78 is 16.7. The molecule has 0 amide bonds. The predicted molar refractivity (Wildman–Crippen MR) is 115 cm³/mol.